The van der Waals surface area contributed by atoms with Gasteiger partial charge in [-0.25, -0.2) is 9.97 Å². The molecule has 0 aliphatic heterocycles. The van der Waals surface area contributed by atoms with Gasteiger partial charge in [0.25, 0.3) is 0 Å². The Morgan fingerprint density at radius 1 is 1.30 bits per heavy atom. The van der Waals surface area contributed by atoms with E-state index in [4.69, 9.17) is 23.2 Å². The topological polar surface area (TPSA) is 46.0 Å². The maximum Gasteiger partial charge on any atom is 0.117 e. The summed E-state index contributed by atoms with van der Waals surface area (Å²) in [6.07, 6.45) is 6.01. The van der Waals surface area contributed by atoms with Crippen LogP contribution in [0, 0.1) is 0 Å². The number of aliphatic hydroxyl groups is 1. The van der Waals surface area contributed by atoms with Crippen molar-refractivity contribution >= 4 is 23.2 Å². The molecule has 0 spiro atoms. The quantitative estimate of drug-likeness (QED) is 0.870. The summed E-state index contributed by atoms with van der Waals surface area (Å²) in [4.78, 5) is 7.88. The van der Waals surface area contributed by atoms with Crippen molar-refractivity contribution in [2.24, 2.45) is 0 Å². The highest BCUT2D eigenvalue weighted by atomic mass is 35.5. The monoisotopic (exact) mass is 308 g/mol. The van der Waals surface area contributed by atoms with E-state index in [0.29, 0.717) is 15.6 Å². The van der Waals surface area contributed by atoms with E-state index < -0.39 is 5.60 Å². The molecule has 2 atom stereocenters. The Hall–Kier alpha value is -1.42. The van der Waals surface area contributed by atoms with Crippen molar-refractivity contribution in [2.75, 3.05) is 0 Å². The fourth-order valence-corrected chi connectivity index (χ4v) is 2.71. The lowest BCUT2D eigenvalue weighted by Crippen LogP contribution is -2.30. The molecule has 104 valence electrons. The van der Waals surface area contributed by atoms with E-state index in [9.17, 15) is 5.11 Å². The molecular weight excluding hydrogens is 295 g/mol. The van der Waals surface area contributed by atoms with Crippen molar-refractivity contribution in [3.05, 3.63) is 70.7 Å². The minimum Gasteiger partial charge on any atom is -0.380 e. The number of aromatic nitrogens is 2. The van der Waals surface area contributed by atoms with E-state index in [-0.39, 0.29) is 5.92 Å². The molecule has 0 saturated carbocycles. The predicted molar refractivity (Wildman–Crippen MR) is 81.0 cm³/mol. The fraction of sp³-hybridized carbons (Fsp3) is 0.200. The van der Waals surface area contributed by atoms with Crippen LogP contribution in [0.5, 0.6) is 0 Å². The average molecular weight is 309 g/mol. The van der Waals surface area contributed by atoms with Gasteiger partial charge in [-0.15, -0.1) is 0 Å². The molecule has 2 rings (SSSR count). The zero-order valence-electron chi connectivity index (χ0n) is 10.9. The lowest BCUT2D eigenvalue weighted by molar-refractivity contribution is 0.0635. The molecule has 1 aromatic carbocycles. The van der Waals surface area contributed by atoms with Crippen molar-refractivity contribution in [1.82, 2.24) is 9.97 Å². The summed E-state index contributed by atoms with van der Waals surface area (Å²) in [6.45, 7) is 5.59. The minimum atomic E-state index is -1.31. The fourth-order valence-electron chi connectivity index (χ4n) is 2.14. The summed E-state index contributed by atoms with van der Waals surface area (Å²) < 4.78 is 0. The van der Waals surface area contributed by atoms with E-state index in [2.05, 4.69) is 16.5 Å². The normalized spacial score (nSPS) is 15.4. The van der Waals surface area contributed by atoms with Crippen LogP contribution in [0.1, 0.15) is 24.0 Å². The molecule has 0 fully saturated rings. The number of nitrogens with zero attached hydrogens (tertiary/aromatic N) is 2. The van der Waals surface area contributed by atoms with E-state index in [0.717, 1.165) is 5.56 Å². The maximum absolute atomic E-state index is 10.9. The molecule has 2 unspecified atom stereocenters. The van der Waals surface area contributed by atoms with Crippen LogP contribution in [0.25, 0.3) is 0 Å². The van der Waals surface area contributed by atoms with Gasteiger partial charge in [-0.05, 0) is 17.7 Å². The van der Waals surface area contributed by atoms with Crippen LogP contribution in [0.2, 0.25) is 10.0 Å². The number of hydrogen-bond acceptors (Lipinski definition) is 3. The lowest BCUT2D eigenvalue weighted by Gasteiger charge is -2.32. The molecule has 5 heteroatoms. The summed E-state index contributed by atoms with van der Waals surface area (Å²) >= 11 is 12.1. The van der Waals surface area contributed by atoms with Gasteiger partial charge in [-0.3, -0.25) is 0 Å². The Morgan fingerprint density at radius 3 is 2.50 bits per heavy atom. The van der Waals surface area contributed by atoms with Gasteiger partial charge < -0.3 is 5.11 Å². The summed E-state index contributed by atoms with van der Waals surface area (Å²) in [5.74, 6) is -0.323. The maximum atomic E-state index is 10.9. The standard InChI is InChI=1S/C15H14Cl2N2O/c1-3-15(20,11-7-18-9-19-8-11)10(2)13-5-4-12(16)6-14(13)17/h3-10,20H,1H2,2H3. The van der Waals surface area contributed by atoms with Crippen molar-refractivity contribution in [3.8, 4) is 0 Å². The first-order valence-corrected chi connectivity index (χ1v) is 6.81. The van der Waals surface area contributed by atoms with E-state index in [1.54, 1.807) is 30.6 Å². The zero-order valence-corrected chi connectivity index (χ0v) is 12.4. The van der Waals surface area contributed by atoms with Gasteiger partial charge in [0.2, 0.25) is 0 Å². The Morgan fingerprint density at radius 2 is 1.95 bits per heavy atom. The molecule has 0 aliphatic rings. The average Bonchev–Trinajstić information content (AvgIpc) is 2.46. The summed E-state index contributed by atoms with van der Waals surface area (Å²) in [5.41, 5.74) is 0.0366. The highest BCUT2D eigenvalue weighted by molar-refractivity contribution is 6.35. The van der Waals surface area contributed by atoms with Gasteiger partial charge in [0.1, 0.15) is 11.9 Å². The lowest BCUT2D eigenvalue weighted by atomic mass is 9.79. The Labute approximate surface area is 127 Å². The first kappa shape index (κ1) is 15.0. The van der Waals surface area contributed by atoms with Crippen LogP contribution in [-0.4, -0.2) is 15.1 Å². The van der Waals surface area contributed by atoms with Gasteiger partial charge in [-0.1, -0.05) is 48.8 Å². The Bertz CT molecular complexity index is 619. The smallest absolute Gasteiger partial charge is 0.117 e. The summed E-state index contributed by atoms with van der Waals surface area (Å²) in [7, 11) is 0. The number of benzene rings is 1. The predicted octanol–water partition coefficient (Wildman–Crippen LogP) is 3.96. The summed E-state index contributed by atoms with van der Waals surface area (Å²) in [6, 6.07) is 5.19. The molecule has 3 nitrogen and oxygen atoms in total. The molecule has 0 amide bonds. The Balaban J connectivity index is 2.48. The molecule has 20 heavy (non-hydrogen) atoms. The van der Waals surface area contributed by atoms with Gasteiger partial charge in [0, 0.05) is 33.9 Å². The second-order valence-corrected chi connectivity index (χ2v) is 5.39. The van der Waals surface area contributed by atoms with Crippen molar-refractivity contribution in [3.63, 3.8) is 0 Å². The number of hydrogen-bond donors (Lipinski definition) is 1. The van der Waals surface area contributed by atoms with E-state index in [1.807, 2.05) is 6.92 Å². The van der Waals surface area contributed by atoms with Crippen LogP contribution in [0.4, 0.5) is 0 Å². The zero-order chi connectivity index (χ0) is 14.8. The molecule has 0 bridgehead atoms. The molecule has 2 aromatic rings. The first-order chi connectivity index (χ1) is 9.49. The van der Waals surface area contributed by atoms with Crippen molar-refractivity contribution < 1.29 is 5.11 Å². The van der Waals surface area contributed by atoms with Gasteiger partial charge in [0.05, 0.1) is 0 Å². The molecule has 0 aliphatic carbocycles. The van der Waals surface area contributed by atoms with Crippen LogP contribution in [0.15, 0.2) is 49.6 Å². The molecule has 1 heterocycles. The number of halogens is 2. The van der Waals surface area contributed by atoms with Crippen LogP contribution >= 0.6 is 23.2 Å². The molecule has 1 aromatic heterocycles. The third-order valence-electron chi connectivity index (χ3n) is 3.42. The van der Waals surface area contributed by atoms with Gasteiger partial charge in [-0.2, -0.15) is 0 Å². The number of rotatable bonds is 4. The third kappa shape index (κ3) is 2.70. The third-order valence-corrected chi connectivity index (χ3v) is 3.99. The molecule has 0 saturated heterocycles. The molecule has 0 radical (unpaired) electrons. The minimum absolute atomic E-state index is 0.323. The SMILES string of the molecule is C=CC(O)(c1cncnc1)C(C)c1ccc(Cl)cc1Cl. The molecule has 1 N–H and O–H groups in total. The second kappa shape index (κ2) is 5.92. The Kier molecular flexibility index (Phi) is 4.43. The summed E-state index contributed by atoms with van der Waals surface area (Å²) in [5, 5.41) is 12.0. The second-order valence-electron chi connectivity index (χ2n) is 4.54. The van der Waals surface area contributed by atoms with Crippen LogP contribution in [-0.2, 0) is 5.60 Å². The van der Waals surface area contributed by atoms with E-state index in [1.165, 1.54) is 12.4 Å². The van der Waals surface area contributed by atoms with Crippen LogP contribution in [0.3, 0.4) is 0 Å². The van der Waals surface area contributed by atoms with Gasteiger partial charge in [0.15, 0.2) is 0 Å². The van der Waals surface area contributed by atoms with Gasteiger partial charge >= 0.3 is 0 Å². The van der Waals surface area contributed by atoms with Crippen molar-refractivity contribution in [2.45, 2.75) is 18.4 Å². The first-order valence-electron chi connectivity index (χ1n) is 6.05. The van der Waals surface area contributed by atoms with E-state index >= 15 is 0 Å². The van der Waals surface area contributed by atoms with Crippen molar-refractivity contribution in [1.29, 1.82) is 0 Å². The largest absolute Gasteiger partial charge is 0.380 e. The highest BCUT2D eigenvalue weighted by Crippen LogP contribution is 2.40. The highest BCUT2D eigenvalue weighted by Gasteiger charge is 2.35. The molecular formula is C15H14Cl2N2O. The van der Waals surface area contributed by atoms with Crippen LogP contribution < -0.4 is 0 Å².